The second-order valence-corrected chi connectivity index (χ2v) is 6.99. The lowest BCUT2D eigenvalue weighted by molar-refractivity contribution is -0.275. The molecule has 2 saturated carbocycles. The predicted octanol–water partition coefficient (Wildman–Crippen LogP) is 2.93. The van der Waals surface area contributed by atoms with Crippen LogP contribution < -0.4 is 0 Å². The van der Waals surface area contributed by atoms with Gasteiger partial charge >= 0.3 is 6.18 Å². The van der Waals surface area contributed by atoms with Crippen molar-refractivity contribution in [2.75, 3.05) is 0 Å². The maximum absolute atomic E-state index is 12.6. The molecule has 0 amide bonds. The van der Waals surface area contributed by atoms with Crippen molar-refractivity contribution in [1.82, 2.24) is 0 Å². The predicted molar refractivity (Wildman–Crippen MR) is 62.8 cm³/mol. The topological polar surface area (TPSA) is 20.2 Å². The van der Waals surface area contributed by atoms with Crippen LogP contribution in [0.15, 0.2) is 0 Å². The van der Waals surface area contributed by atoms with Crippen LogP contribution >= 0.6 is 45.2 Å². The zero-order chi connectivity index (χ0) is 10.7. The minimum atomic E-state index is -4.47. The Kier molecular flexibility index (Phi) is 2.80. The smallest absolute Gasteiger partial charge is 0.380 e. The van der Waals surface area contributed by atoms with Gasteiger partial charge in [0.15, 0.2) is 5.60 Å². The minimum Gasteiger partial charge on any atom is -0.380 e. The van der Waals surface area contributed by atoms with Gasteiger partial charge in [0.05, 0.1) is 0 Å². The van der Waals surface area contributed by atoms with E-state index < -0.39 is 17.7 Å². The molecule has 82 valence electrons. The zero-order valence-electron chi connectivity index (χ0n) is 7.06. The Bertz CT molecular complexity index is 255. The van der Waals surface area contributed by atoms with E-state index >= 15 is 0 Å². The third-order valence-electron chi connectivity index (χ3n) is 3.37. The molecule has 2 rings (SSSR count). The molecule has 1 nitrogen and oxygen atoms in total. The zero-order valence-corrected chi connectivity index (χ0v) is 11.4. The fourth-order valence-electron chi connectivity index (χ4n) is 2.60. The van der Waals surface area contributed by atoms with Gasteiger partial charge in [-0.2, -0.15) is 13.2 Å². The largest absolute Gasteiger partial charge is 0.417 e. The van der Waals surface area contributed by atoms with Gasteiger partial charge in [0.25, 0.3) is 0 Å². The van der Waals surface area contributed by atoms with Gasteiger partial charge in [-0.25, -0.2) is 0 Å². The Morgan fingerprint density at radius 1 is 1.21 bits per heavy atom. The minimum absolute atomic E-state index is 0.0362. The van der Waals surface area contributed by atoms with Gasteiger partial charge in [-0.1, -0.05) is 45.2 Å². The van der Waals surface area contributed by atoms with Crippen molar-refractivity contribution in [1.29, 1.82) is 0 Å². The van der Waals surface area contributed by atoms with Crippen LogP contribution in [0.5, 0.6) is 0 Å². The molecule has 0 aromatic rings. The summed E-state index contributed by atoms with van der Waals surface area (Å²) in [7, 11) is 0. The molecule has 0 aromatic heterocycles. The first-order chi connectivity index (χ1) is 6.27. The molecular weight excluding hydrogens is 423 g/mol. The van der Waals surface area contributed by atoms with E-state index in [1.807, 2.05) is 22.6 Å². The molecule has 5 unspecified atom stereocenters. The summed E-state index contributed by atoms with van der Waals surface area (Å²) in [6.07, 6.45) is -4.04. The number of halogens is 5. The number of alkyl halides is 5. The van der Waals surface area contributed by atoms with E-state index in [1.54, 1.807) is 0 Å². The Morgan fingerprint density at radius 2 is 1.79 bits per heavy atom. The van der Waals surface area contributed by atoms with Gasteiger partial charge in [-0.3, -0.25) is 0 Å². The third kappa shape index (κ3) is 1.42. The highest BCUT2D eigenvalue weighted by molar-refractivity contribution is 14.1. The van der Waals surface area contributed by atoms with Crippen LogP contribution in [-0.4, -0.2) is 24.7 Å². The van der Waals surface area contributed by atoms with E-state index in [4.69, 9.17) is 0 Å². The number of hydrogen-bond acceptors (Lipinski definition) is 1. The van der Waals surface area contributed by atoms with Gasteiger partial charge in [-0.05, 0) is 18.8 Å². The average Bonchev–Trinajstić information content (AvgIpc) is 2.50. The van der Waals surface area contributed by atoms with Crippen LogP contribution in [0.4, 0.5) is 13.2 Å². The van der Waals surface area contributed by atoms with Crippen molar-refractivity contribution in [2.24, 2.45) is 11.8 Å². The quantitative estimate of drug-likeness (QED) is 0.462. The number of hydrogen-bond donors (Lipinski definition) is 1. The van der Waals surface area contributed by atoms with E-state index in [-0.39, 0.29) is 20.2 Å². The van der Waals surface area contributed by atoms with Crippen LogP contribution in [0, 0.1) is 11.8 Å². The van der Waals surface area contributed by atoms with Crippen LogP contribution in [0.2, 0.25) is 0 Å². The molecule has 2 bridgehead atoms. The number of aliphatic hydroxyl groups is 1. The van der Waals surface area contributed by atoms with E-state index in [9.17, 15) is 18.3 Å². The summed E-state index contributed by atoms with van der Waals surface area (Å²) in [6.45, 7) is 0. The van der Waals surface area contributed by atoms with Crippen molar-refractivity contribution in [3.63, 3.8) is 0 Å². The summed E-state index contributed by atoms with van der Waals surface area (Å²) in [5.41, 5.74) is -2.41. The molecule has 2 fully saturated rings. The summed E-state index contributed by atoms with van der Waals surface area (Å²) < 4.78 is 38.2. The molecule has 0 aliphatic heterocycles. The fraction of sp³-hybridized carbons (Fsp3) is 1.00. The highest BCUT2D eigenvalue weighted by atomic mass is 127. The molecule has 1 N–H and O–H groups in total. The lowest BCUT2D eigenvalue weighted by Crippen LogP contribution is -2.54. The van der Waals surface area contributed by atoms with E-state index in [1.165, 1.54) is 0 Å². The first-order valence-corrected chi connectivity index (χ1v) is 6.84. The fourth-order valence-corrected chi connectivity index (χ4v) is 5.12. The van der Waals surface area contributed by atoms with E-state index in [0.29, 0.717) is 6.42 Å². The maximum atomic E-state index is 12.6. The summed E-state index contributed by atoms with van der Waals surface area (Å²) in [5.74, 6) is -0.566. The van der Waals surface area contributed by atoms with Crippen molar-refractivity contribution < 1.29 is 18.3 Å². The second-order valence-electron chi connectivity index (χ2n) is 4.12. The number of rotatable bonds is 0. The van der Waals surface area contributed by atoms with Gasteiger partial charge in [-0.15, -0.1) is 0 Å². The van der Waals surface area contributed by atoms with Gasteiger partial charge in [0.2, 0.25) is 0 Å². The molecule has 2 aliphatic rings. The summed E-state index contributed by atoms with van der Waals surface area (Å²) in [4.78, 5) is 0. The third-order valence-corrected chi connectivity index (χ3v) is 8.18. The summed E-state index contributed by atoms with van der Waals surface area (Å²) >= 11 is 4.26. The molecule has 0 spiro atoms. The highest BCUT2D eigenvalue weighted by Gasteiger charge is 2.69. The van der Waals surface area contributed by atoms with Gasteiger partial charge in [0.1, 0.15) is 0 Å². The standard InChI is InChI=1S/C8H9F3I2O/c9-8(10,11)7(14)2-3-1-4(7)6(13)5(3)12/h3-6,14H,1-2H2. The van der Waals surface area contributed by atoms with Crippen LogP contribution in [0.25, 0.3) is 0 Å². The molecule has 0 heterocycles. The average molecular weight is 432 g/mol. The monoisotopic (exact) mass is 432 g/mol. The molecule has 14 heavy (non-hydrogen) atoms. The molecule has 0 aromatic carbocycles. The lowest BCUT2D eigenvalue weighted by atomic mass is 9.83. The lowest BCUT2D eigenvalue weighted by Gasteiger charge is -2.38. The van der Waals surface area contributed by atoms with Crippen molar-refractivity contribution in [3.8, 4) is 0 Å². The first kappa shape index (κ1) is 11.7. The second kappa shape index (κ2) is 3.35. The van der Waals surface area contributed by atoms with E-state index in [0.717, 1.165) is 0 Å². The van der Waals surface area contributed by atoms with Gasteiger partial charge in [0, 0.05) is 13.8 Å². The molecule has 6 heteroatoms. The summed E-state index contributed by atoms with van der Waals surface area (Å²) in [6, 6.07) is 0. The molecular formula is C8H9F3I2O. The molecule has 0 saturated heterocycles. The Hall–Kier alpha value is 1.21. The highest BCUT2D eigenvalue weighted by Crippen LogP contribution is 2.60. The molecule has 2 aliphatic carbocycles. The number of fused-ring (bicyclic) bond motifs is 2. The molecule has 0 radical (unpaired) electrons. The summed E-state index contributed by atoms with van der Waals surface area (Å²) in [5, 5.41) is 9.67. The van der Waals surface area contributed by atoms with E-state index in [2.05, 4.69) is 22.6 Å². The van der Waals surface area contributed by atoms with Crippen molar-refractivity contribution in [2.45, 2.75) is 32.5 Å². The van der Waals surface area contributed by atoms with Crippen LogP contribution in [0.3, 0.4) is 0 Å². The SMILES string of the molecule is OC1(C(F)(F)F)CC2CC1C(I)C2I. The normalized spacial score (nSPS) is 52.7. The van der Waals surface area contributed by atoms with Crippen LogP contribution in [0.1, 0.15) is 12.8 Å². The van der Waals surface area contributed by atoms with Gasteiger partial charge < -0.3 is 5.11 Å². The van der Waals surface area contributed by atoms with Crippen molar-refractivity contribution in [3.05, 3.63) is 0 Å². The first-order valence-electron chi connectivity index (χ1n) is 4.34. The van der Waals surface area contributed by atoms with Crippen molar-refractivity contribution >= 4 is 45.2 Å². The Balaban J connectivity index is 2.28. The Morgan fingerprint density at radius 3 is 2.14 bits per heavy atom. The molecule has 5 atom stereocenters. The van der Waals surface area contributed by atoms with Crippen LogP contribution in [-0.2, 0) is 0 Å². The maximum Gasteiger partial charge on any atom is 0.417 e. The Labute approximate surface area is 107 Å².